The highest BCUT2D eigenvalue weighted by molar-refractivity contribution is 6.08. The molecule has 0 aliphatic rings. The molecule has 6 nitrogen and oxygen atoms in total. The van der Waals surface area contributed by atoms with E-state index in [2.05, 4.69) is 6.07 Å². The molecule has 0 aliphatic heterocycles. The first-order valence-corrected chi connectivity index (χ1v) is 13.0. The number of methoxy groups -OCH3 is 1. The van der Waals surface area contributed by atoms with Gasteiger partial charge in [-0.1, -0.05) is 72.3 Å². The summed E-state index contributed by atoms with van der Waals surface area (Å²) in [5.74, 6) is 0.999. The topological polar surface area (TPSA) is 64.4 Å². The van der Waals surface area contributed by atoms with Crippen LogP contribution in [-0.4, -0.2) is 29.1 Å². The molecule has 0 saturated heterocycles. The predicted octanol–water partition coefficient (Wildman–Crippen LogP) is 6.43. The Kier molecular flexibility index (Phi) is 7.55. The van der Waals surface area contributed by atoms with Crippen LogP contribution >= 0.6 is 0 Å². The zero-order valence-corrected chi connectivity index (χ0v) is 22.4. The number of nitrogens with zero attached hydrogens (tertiary/aromatic N) is 3. The Bertz CT molecular complexity index is 1690. The molecule has 0 bridgehead atoms. The number of hydrogen-bond donors (Lipinski definition) is 0. The van der Waals surface area contributed by atoms with Crippen LogP contribution < -0.4 is 15.2 Å². The van der Waals surface area contributed by atoms with Crippen LogP contribution in [0.3, 0.4) is 0 Å². The van der Waals surface area contributed by atoms with Crippen LogP contribution in [0, 0.1) is 13.8 Å². The third-order valence-corrected chi connectivity index (χ3v) is 6.88. The van der Waals surface area contributed by atoms with Gasteiger partial charge in [0.2, 0.25) is 0 Å². The van der Waals surface area contributed by atoms with E-state index in [9.17, 15) is 9.59 Å². The number of aromatic nitrogens is 2. The molecule has 1 amide bonds. The van der Waals surface area contributed by atoms with E-state index in [0.29, 0.717) is 47.6 Å². The summed E-state index contributed by atoms with van der Waals surface area (Å²) < 4.78 is 7.22. The zero-order chi connectivity index (χ0) is 27.4. The van der Waals surface area contributed by atoms with Crippen molar-refractivity contribution in [3.05, 3.63) is 124 Å². The summed E-state index contributed by atoms with van der Waals surface area (Å²) in [6.45, 7) is 4.86. The molecule has 0 saturated carbocycles. The average molecular weight is 518 g/mol. The number of carbonyl (C=O) groups is 1. The van der Waals surface area contributed by atoms with Crippen LogP contribution in [0.5, 0.6) is 5.75 Å². The third-order valence-electron chi connectivity index (χ3n) is 6.88. The van der Waals surface area contributed by atoms with Crippen LogP contribution in [0.15, 0.2) is 102 Å². The second-order valence-electron chi connectivity index (χ2n) is 9.58. The van der Waals surface area contributed by atoms with E-state index in [1.807, 2.05) is 92.7 Å². The Morgan fingerprint density at radius 2 is 1.62 bits per heavy atom. The highest BCUT2D eigenvalue weighted by Gasteiger charge is 2.23. The van der Waals surface area contributed by atoms with E-state index in [4.69, 9.17) is 9.72 Å². The lowest BCUT2D eigenvalue weighted by Crippen LogP contribution is -2.34. The fourth-order valence-corrected chi connectivity index (χ4v) is 4.98. The largest absolute Gasteiger partial charge is 0.496 e. The number of aryl methyl sites for hydroxylation is 2. The van der Waals surface area contributed by atoms with E-state index in [-0.39, 0.29) is 11.5 Å². The smallest absolute Gasteiger partial charge is 0.262 e. The number of rotatable bonds is 8. The van der Waals surface area contributed by atoms with Gasteiger partial charge in [-0.3, -0.25) is 14.2 Å². The highest BCUT2D eigenvalue weighted by atomic mass is 16.5. The molecule has 0 unspecified atom stereocenters. The quantitative estimate of drug-likeness (QED) is 0.238. The summed E-state index contributed by atoms with van der Waals surface area (Å²) >= 11 is 0. The molecular formula is C33H31N3O3. The lowest BCUT2D eigenvalue weighted by Gasteiger charge is -2.26. The molecule has 5 rings (SSSR count). The molecule has 0 atom stereocenters. The number of ether oxygens (including phenoxy) is 1. The summed E-state index contributed by atoms with van der Waals surface area (Å²) in [7, 11) is 1.57. The molecule has 4 aromatic carbocycles. The Morgan fingerprint density at radius 1 is 0.897 bits per heavy atom. The lowest BCUT2D eigenvalue weighted by molar-refractivity contribution is 0.0983. The standard InChI is InChI=1S/C33H31N3O3/c1-23-18-19-29(24(2)22-23)35(33(38)27-15-8-10-17-30(27)39-3)20-11-21-36-31(25-12-5-4-6-13-25)34-28-16-9-7-14-26(28)32(36)37/h4-10,12-19,22H,11,20-21H2,1-3H3. The molecule has 0 radical (unpaired) electrons. The van der Waals surface area contributed by atoms with Crippen molar-refractivity contribution in [1.29, 1.82) is 0 Å². The number of carbonyl (C=O) groups excluding carboxylic acids is 1. The van der Waals surface area contributed by atoms with Gasteiger partial charge in [-0.25, -0.2) is 4.98 Å². The van der Waals surface area contributed by atoms with Crippen LogP contribution in [0.1, 0.15) is 27.9 Å². The van der Waals surface area contributed by atoms with Gasteiger partial charge < -0.3 is 9.64 Å². The third kappa shape index (κ3) is 5.32. The number of fused-ring (bicyclic) bond motifs is 1. The SMILES string of the molecule is COc1ccccc1C(=O)N(CCCn1c(-c2ccccc2)nc2ccccc2c1=O)c1ccc(C)cc1C. The summed E-state index contributed by atoms with van der Waals surface area (Å²) in [5.41, 5.74) is 4.92. The first-order valence-electron chi connectivity index (χ1n) is 13.0. The Morgan fingerprint density at radius 3 is 2.38 bits per heavy atom. The number of anilines is 1. The average Bonchev–Trinajstić information content (AvgIpc) is 2.97. The van der Waals surface area contributed by atoms with Crippen LogP contribution in [-0.2, 0) is 6.54 Å². The molecule has 0 N–H and O–H groups in total. The van der Waals surface area contributed by atoms with Gasteiger partial charge in [-0.15, -0.1) is 0 Å². The van der Waals surface area contributed by atoms with E-state index in [0.717, 1.165) is 22.4 Å². The van der Waals surface area contributed by atoms with Crippen molar-refractivity contribution < 1.29 is 9.53 Å². The fraction of sp³-hybridized carbons (Fsp3) is 0.182. The second kappa shape index (κ2) is 11.4. The molecule has 0 aliphatic carbocycles. The van der Waals surface area contributed by atoms with Crippen molar-refractivity contribution in [1.82, 2.24) is 9.55 Å². The summed E-state index contributed by atoms with van der Waals surface area (Å²) in [6, 6.07) is 30.5. The van der Waals surface area contributed by atoms with Gasteiger partial charge in [0.25, 0.3) is 11.5 Å². The van der Waals surface area contributed by atoms with Gasteiger partial charge in [0, 0.05) is 24.3 Å². The number of hydrogen-bond acceptors (Lipinski definition) is 4. The summed E-state index contributed by atoms with van der Waals surface area (Å²) in [6.07, 6.45) is 0.550. The second-order valence-corrected chi connectivity index (χ2v) is 9.58. The van der Waals surface area contributed by atoms with Crippen LogP contribution in [0.25, 0.3) is 22.3 Å². The first kappa shape index (κ1) is 25.9. The van der Waals surface area contributed by atoms with Crippen LogP contribution in [0.4, 0.5) is 5.69 Å². The maximum Gasteiger partial charge on any atom is 0.262 e. The Hall–Kier alpha value is -4.71. The van der Waals surface area contributed by atoms with Crippen molar-refractivity contribution >= 4 is 22.5 Å². The van der Waals surface area contributed by atoms with Gasteiger partial charge in [-0.05, 0) is 56.2 Å². The molecule has 196 valence electrons. The van der Waals surface area contributed by atoms with E-state index in [1.165, 1.54) is 0 Å². The first-order chi connectivity index (χ1) is 19.0. The minimum atomic E-state index is -0.147. The Balaban J connectivity index is 1.52. The molecule has 0 spiro atoms. The monoisotopic (exact) mass is 517 g/mol. The molecule has 6 heteroatoms. The number of para-hydroxylation sites is 2. The van der Waals surface area contributed by atoms with Gasteiger partial charge >= 0.3 is 0 Å². The molecule has 1 heterocycles. The molecular weight excluding hydrogens is 486 g/mol. The van der Waals surface area contributed by atoms with Gasteiger partial charge in [0.1, 0.15) is 11.6 Å². The molecule has 1 aromatic heterocycles. The molecule has 0 fully saturated rings. The van der Waals surface area contributed by atoms with Gasteiger partial charge in [-0.2, -0.15) is 0 Å². The minimum absolute atomic E-state index is 0.0893. The molecule has 5 aromatic rings. The van der Waals surface area contributed by atoms with Crippen molar-refractivity contribution in [2.75, 3.05) is 18.6 Å². The van der Waals surface area contributed by atoms with Crippen LogP contribution in [0.2, 0.25) is 0 Å². The van der Waals surface area contributed by atoms with Crippen molar-refractivity contribution in [3.63, 3.8) is 0 Å². The van der Waals surface area contributed by atoms with E-state index in [1.54, 1.807) is 28.7 Å². The normalized spacial score (nSPS) is 10.9. The zero-order valence-electron chi connectivity index (χ0n) is 22.4. The number of amides is 1. The van der Waals surface area contributed by atoms with Gasteiger partial charge in [0.15, 0.2) is 0 Å². The van der Waals surface area contributed by atoms with Crippen molar-refractivity contribution in [3.8, 4) is 17.1 Å². The lowest BCUT2D eigenvalue weighted by atomic mass is 10.1. The highest BCUT2D eigenvalue weighted by Crippen LogP contribution is 2.27. The fourth-order valence-electron chi connectivity index (χ4n) is 4.98. The van der Waals surface area contributed by atoms with E-state index >= 15 is 0 Å². The number of benzene rings is 4. The maximum atomic E-state index is 13.9. The Labute approximate surface area is 228 Å². The van der Waals surface area contributed by atoms with Gasteiger partial charge in [0.05, 0.1) is 23.6 Å². The summed E-state index contributed by atoms with van der Waals surface area (Å²) in [5, 5.41) is 0.577. The molecule has 39 heavy (non-hydrogen) atoms. The maximum absolute atomic E-state index is 13.9. The van der Waals surface area contributed by atoms with E-state index < -0.39 is 0 Å². The minimum Gasteiger partial charge on any atom is -0.496 e. The van der Waals surface area contributed by atoms with Crippen molar-refractivity contribution in [2.45, 2.75) is 26.8 Å². The predicted molar refractivity (Wildman–Crippen MR) is 157 cm³/mol. The summed E-state index contributed by atoms with van der Waals surface area (Å²) in [4.78, 5) is 34.2. The van der Waals surface area contributed by atoms with Crippen molar-refractivity contribution in [2.24, 2.45) is 0 Å².